The van der Waals surface area contributed by atoms with E-state index < -0.39 is 23.3 Å². The van der Waals surface area contributed by atoms with Crippen LogP contribution in [-0.2, 0) is 5.92 Å². The van der Waals surface area contributed by atoms with Crippen LogP contribution in [-0.4, -0.2) is 16.5 Å². The molecule has 1 unspecified atom stereocenters. The lowest BCUT2D eigenvalue weighted by molar-refractivity contribution is -0.488. The maximum atomic E-state index is 15.0. The summed E-state index contributed by atoms with van der Waals surface area (Å²) in [4.78, 5) is 13.2. The van der Waals surface area contributed by atoms with Crippen molar-refractivity contribution in [2.75, 3.05) is 6.54 Å². The zero-order chi connectivity index (χ0) is 16.4. The molecule has 23 heavy (non-hydrogen) atoms. The molecule has 0 aliphatic heterocycles. The molecule has 6 heteroatoms. The van der Waals surface area contributed by atoms with Crippen LogP contribution in [0, 0.1) is 10.1 Å². The second-order valence-corrected chi connectivity index (χ2v) is 5.35. The van der Waals surface area contributed by atoms with Gasteiger partial charge in [-0.3, -0.25) is 10.1 Å². The molecule has 0 saturated carbocycles. The number of aromatic nitrogens is 1. The van der Waals surface area contributed by atoms with Gasteiger partial charge in [-0.05, 0) is 11.6 Å². The van der Waals surface area contributed by atoms with Crippen LogP contribution >= 0.6 is 0 Å². The van der Waals surface area contributed by atoms with Gasteiger partial charge in [-0.2, -0.15) is 0 Å². The fraction of sp³-hybridized carbons (Fsp3) is 0.176. The molecule has 0 aliphatic carbocycles. The van der Waals surface area contributed by atoms with Crippen molar-refractivity contribution in [1.29, 1.82) is 0 Å². The number of halogens is 2. The molecule has 1 N–H and O–H groups in total. The molecule has 1 heterocycles. The van der Waals surface area contributed by atoms with Crippen LogP contribution in [0.25, 0.3) is 10.9 Å². The third-order valence-electron chi connectivity index (χ3n) is 3.92. The SMILES string of the molecule is O=[N+]([O-])CC(c1c[nH]c2ccccc12)C(F)(F)c1ccccc1. The van der Waals surface area contributed by atoms with Crippen molar-refractivity contribution >= 4 is 10.9 Å². The number of nitrogens with zero attached hydrogens (tertiary/aromatic N) is 1. The third-order valence-corrected chi connectivity index (χ3v) is 3.92. The Bertz CT molecular complexity index is 831. The number of alkyl halides is 2. The Kier molecular flexibility index (Phi) is 3.82. The first-order chi connectivity index (χ1) is 11.0. The smallest absolute Gasteiger partial charge is 0.286 e. The lowest BCUT2D eigenvalue weighted by Gasteiger charge is -2.24. The molecule has 0 aliphatic rings. The molecule has 3 aromatic rings. The average Bonchev–Trinajstić information content (AvgIpc) is 2.97. The summed E-state index contributed by atoms with van der Waals surface area (Å²) in [6.45, 7) is -0.844. The van der Waals surface area contributed by atoms with E-state index in [0.29, 0.717) is 10.9 Å². The number of aromatic amines is 1. The summed E-state index contributed by atoms with van der Waals surface area (Å²) < 4.78 is 29.9. The monoisotopic (exact) mass is 316 g/mol. The third kappa shape index (κ3) is 2.79. The fourth-order valence-electron chi connectivity index (χ4n) is 2.80. The first-order valence-electron chi connectivity index (χ1n) is 7.11. The molecule has 0 bridgehead atoms. The highest BCUT2D eigenvalue weighted by molar-refractivity contribution is 5.83. The lowest BCUT2D eigenvalue weighted by atomic mass is 9.88. The predicted octanol–water partition coefficient (Wildman–Crippen LogP) is 4.32. The Morgan fingerprint density at radius 2 is 1.74 bits per heavy atom. The van der Waals surface area contributed by atoms with Crippen LogP contribution in [0.15, 0.2) is 60.8 Å². The maximum Gasteiger partial charge on any atom is 0.286 e. The topological polar surface area (TPSA) is 58.9 Å². The van der Waals surface area contributed by atoms with E-state index in [9.17, 15) is 18.9 Å². The molecule has 1 aromatic heterocycles. The quantitative estimate of drug-likeness (QED) is 0.563. The number of hydrogen-bond donors (Lipinski definition) is 1. The number of nitro groups is 1. The van der Waals surface area contributed by atoms with Crippen molar-refractivity contribution in [2.24, 2.45) is 0 Å². The first-order valence-corrected chi connectivity index (χ1v) is 7.11. The molecular weight excluding hydrogens is 302 g/mol. The van der Waals surface area contributed by atoms with Gasteiger partial charge >= 0.3 is 0 Å². The number of benzene rings is 2. The van der Waals surface area contributed by atoms with Crippen LogP contribution in [0.1, 0.15) is 17.0 Å². The first kappa shape index (κ1) is 15.1. The molecule has 0 saturated heterocycles. The minimum Gasteiger partial charge on any atom is -0.361 e. The summed E-state index contributed by atoms with van der Waals surface area (Å²) in [6, 6.07) is 14.2. The number of nitrogens with one attached hydrogen (secondary N) is 1. The molecule has 2 aromatic carbocycles. The van der Waals surface area contributed by atoms with Gasteiger partial charge < -0.3 is 4.98 Å². The zero-order valence-electron chi connectivity index (χ0n) is 12.1. The molecule has 0 fully saturated rings. The summed E-state index contributed by atoms with van der Waals surface area (Å²) in [6.07, 6.45) is 1.44. The van der Waals surface area contributed by atoms with Crippen molar-refractivity contribution in [3.63, 3.8) is 0 Å². The molecule has 0 spiro atoms. The summed E-state index contributed by atoms with van der Waals surface area (Å²) in [7, 11) is 0. The summed E-state index contributed by atoms with van der Waals surface area (Å²) in [5.74, 6) is -4.89. The molecule has 3 rings (SSSR count). The average molecular weight is 316 g/mol. The molecule has 118 valence electrons. The van der Waals surface area contributed by atoms with Crippen LogP contribution in [0.3, 0.4) is 0 Å². The second-order valence-electron chi connectivity index (χ2n) is 5.35. The van der Waals surface area contributed by atoms with Crippen LogP contribution in [0.2, 0.25) is 0 Å². The Labute approximate surface area is 130 Å². The number of hydrogen-bond acceptors (Lipinski definition) is 2. The van der Waals surface area contributed by atoms with Gasteiger partial charge in [0.1, 0.15) is 5.92 Å². The van der Waals surface area contributed by atoms with Crippen molar-refractivity contribution < 1.29 is 13.7 Å². The number of rotatable bonds is 5. The van der Waals surface area contributed by atoms with E-state index in [-0.39, 0.29) is 11.1 Å². The second kappa shape index (κ2) is 5.79. The predicted molar refractivity (Wildman–Crippen MR) is 83.2 cm³/mol. The van der Waals surface area contributed by atoms with E-state index >= 15 is 0 Å². The molecule has 0 amide bonds. The van der Waals surface area contributed by atoms with E-state index in [1.165, 1.54) is 30.5 Å². The van der Waals surface area contributed by atoms with Crippen LogP contribution in [0.4, 0.5) is 8.78 Å². The summed E-state index contributed by atoms with van der Waals surface area (Å²) in [5.41, 5.74) is 0.711. The van der Waals surface area contributed by atoms with Gasteiger partial charge in [-0.25, -0.2) is 8.78 Å². The highest BCUT2D eigenvalue weighted by Crippen LogP contribution is 2.44. The highest BCUT2D eigenvalue weighted by atomic mass is 19.3. The van der Waals surface area contributed by atoms with Gasteiger partial charge in [0.15, 0.2) is 0 Å². The van der Waals surface area contributed by atoms with Crippen molar-refractivity contribution in [1.82, 2.24) is 4.98 Å². The van der Waals surface area contributed by atoms with Crippen LogP contribution < -0.4 is 0 Å². The van der Waals surface area contributed by atoms with Crippen molar-refractivity contribution in [3.8, 4) is 0 Å². The number of fused-ring (bicyclic) bond motifs is 1. The summed E-state index contributed by atoms with van der Waals surface area (Å²) >= 11 is 0. The van der Waals surface area contributed by atoms with Gasteiger partial charge in [0, 0.05) is 27.6 Å². The van der Waals surface area contributed by atoms with Crippen molar-refractivity contribution in [3.05, 3.63) is 82.0 Å². The number of para-hydroxylation sites is 1. The molecule has 0 radical (unpaired) electrons. The fourth-order valence-corrected chi connectivity index (χ4v) is 2.80. The van der Waals surface area contributed by atoms with E-state index in [2.05, 4.69) is 4.98 Å². The Morgan fingerprint density at radius 3 is 2.43 bits per heavy atom. The maximum absolute atomic E-state index is 15.0. The summed E-state index contributed by atoms with van der Waals surface area (Å²) in [5, 5.41) is 11.6. The van der Waals surface area contributed by atoms with E-state index in [1.54, 1.807) is 30.3 Å². The lowest BCUT2D eigenvalue weighted by Crippen LogP contribution is -2.29. The molecule has 4 nitrogen and oxygen atoms in total. The molecule has 1 atom stereocenters. The van der Waals surface area contributed by atoms with Crippen molar-refractivity contribution in [2.45, 2.75) is 11.8 Å². The Balaban J connectivity index is 2.13. The highest BCUT2D eigenvalue weighted by Gasteiger charge is 2.46. The minimum atomic E-state index is -3.35. The van der Waals surface area contributed by atoms with Gasteiger partial charge in [-0.1, -0.05) is 48.5 Å². The number of H-pyrrole nitrogens is 1. The standard InChI is InChI=1S/C17H14F2N2O2/c18-17(19,12-6-2-1-3-7-12)15(11-21(22)23)14-10-20-16-9-5-4-8-13(14)16/h1-10,15,20H,11H2. The van der Waals surface area contributed by atoms with Gasteiger partial charge in [-0.15, -0.1) is 0 Å². The minimum absolute atomic E-state index is 0.225. The Hall–Kier alpha value is -2.76. The Morgan fingerprint density at radius 1 is 1.09 bits per heavy atom. The van der Waals surface area contributed by atoms with E-state index in [1.807, 2.05) is 0 Å². The van der Waals surface area contributed by atoms with Gasteiger partial charge in [0.2, 0.25) is 6.54 Å². The van der Waals surface area contributed by atoms with Gasteiger partial charge in [0.05, 0.1) is 0 Å². The molecular formula is C17H14F2N2O2. The van der Waals surface area contributed by atoms with Crippen LogP contribution in [0.5, 0.6) is 0 Å². The van der Waals surface area contributed by atoms with Gasteiger partial charge in [0.25, 0.3) is 5.92 Å². The zero-order valence-corrected chi connectivity index (χ0v) is 12.1. The van der Waals surface area contributed by atoms with E-state index in [0.717, 1.165) is 0 Å². The van der Waals surface area contributed by atoms with E-state index in [4.69, 9.17) is 0 Å². The normalized spacial score (nSPS) is 13.1. The largest absolute Gasteiger partial charge is 0.361 e.